The fourth-order valence-corrected chi connectivity index (χ4v) is 2.52. The Kier molecular flexibility index (Phi) is 3.96. The Morgan fingerprint density at radius 1 is 1.17 bits per heavy atom. The highest BCUT2D eigenvalue weighted by atomic mass is 16.2. The first-order valence-electron chi connectivity index (χ1n) is 7.51. The molecule has 7 nitrogen and oxygen atoms in total. The molecule has 2 aromatic heterocycles. The van der Waals surface area contributed by atoms with Gasteiger partial charge in [-0.2, -0.15) is 5.26 Å². The average Bonchev–Trinajstić information content (AvgIpc) is 2.59. The molecule has 0 saturated carbocycles. The minimum Gasteiger partial charge on any atom is -0.299 e. The van der Waals surface area contributed by atoms with Gasteiger partial charge in [-0.3, -0.25) is 13.9 Å². The van der Waals surface area contributed by atoms with Crippen molar-refractivity contribution in [3.8, 4) is 6.07 Å². The van der Waals surface area contributed by atoms with E-state index >= 15 is 0 Å². The third kappa shape index (κ3) is 2.58. The highest BCUT2D eigenvalue weighted by Crippen LogP contribution is 2.12. The quantitative estimate of drug-likeness (QED) is 0.722. The molecule has 7 heteroatoms. The minimum atomic E-state index is -0.610. The van der Waals surface area contributed by atoms with Crippen LogP contribution < -0.4 is 11.2 Å². The number of aromatic nitrogens is 4. The van der Waals surface area contributed by atoms with Gasteiger partial charge in [-0.15, -0.1) is 0 Å². The van der Waals surface area contributed by atoms with Gasteiger partial charge in [-0.25, -0.2) is 14.8 Å². The summed E-state index contributed by atoms with van der Waals surface area (Å²) in [6.45, 7) is 3.91. The molecule has 1 aromatic carbocycles. The van der Waals surface area contributed by atoms with Gasteiger partial charge in [0.15, 0.2) is 0 Å². The van der Waals surface area contributed by atoms with E-state index in [4.69, 9.17) is 5.26 Å². The van der Waals surface area contributed by atoms with Crippen LogP contribution in [-0.4, -0.2) is 19.1 Å². The maximum absolute atomic E-state index is 12.4. The number of nitrogens with zero attached hydrogens (tertiary/aromatic N) is 5. The standard InChI is InChI=1S/C17H15N5O2/c1-3-21-9-12(8-18)16(23)22(17(21)24)10-15-11(2)19-13-6-4-5-7-14(13)20-15/h4-7,9H,3,10H2,1-2H3. The van der Waals surface area contributed by atoms with Crippen LogP contribution in [0, 0.1) is 18.3 Å². The van der Waals surface area contributed by atoms with Gasteiger partial charge in [0, 0.05) is 12.7 Å². The van der Waals surface area contributed by atoms with Crippen LogP contribution in [0.2, 0.25) is 0 Å². The summed E-state index contributed by atoms with van der Waals surface area (Å²) < 4.78 is 2.37. The molecule has 0 bridgehead atoms. The molecule has 0 fully saturated rings. The molecule has 24 heavy (non-hydrogen) atoms. The molecule has 0 saturated heterocycles. The normalized spacial score (nSPS) is 10.7. The van der Waals surface area contributed by atoms with Crippen molar-refractivity contribution < 1.29 is 0 Å². The molecule has 0 aliphatic carbocycles. The number of hydrogen-bond donors (Lipinski definition) is 0. The van der Waals surface area contributed by atoms with Gasteiger partial charge in [0.05, 0.1) is 29.0 Å². The van der Waals surface area contributed by atoms with E-state index in [2.05, 4.69) is 9.97 Å². The molecule has 0 aliphatic heterocycles. The summed E-state index contributed by atoms with van der Waals surface area (Å²) in [5.74, 6) is 0. The van der Waals surface area contributed by atoms with Crippen molar-refractivity contribution in [2.75, 3.05) is 0 Å². The van der Waals surface area contributed by atoms with Gasteiger partial charge in [-0.05, 0) is 26.0 Å². The molecule has 0 aliphatic rings. The van der Waals surface area contributed by atoms with Gasteiger partial charge >= 0.3 is 5.69 Å². The lowest BCUT2D eigenvalue weighted by atomic mass is 10.2. The molecule has 0 unspecified atom stereocenters. The second-order valence-corrected chi connectivity index (χ2v) is 5.36. The van der Waals surface area contributed by atoms with Crippen LogP contribution in [0.1, 0.15) is 23.9 Å². The number of para-hydroxylation sites is 2. The van der Waals surface area contributed by atoms with Crippen molar-refractivity contribution in [3.05, 3.63) is 68.3 Å². The van der Waals surface area contributed by atoms with E-state index in [1.165, 1.54) is 10.8 Å². The summed E-state index contributed by atoms with van der Waals surface area (Å²) in [4.78, 5) is 33.8. The summed E-state index contributed by atoms with van der Waals surface area (Å²) in [6, 6.07) is 9.24. The molecule has 3 aromatic rings. The van der Waals surface area contributed by atoms with Gasteiger partial charge in [0.25, 0.3) is 5.56 Å². The summed E-state index contributed by atoms with van der Waals surface area (Å²) in [6.07, 6.45) is 1.29. The fourth-order valence-electron chi connectivity index (χ4n) is 2.52. The van der Waals surface area contributed by atoms with Crippen LogP contribution in [0.25, 0.3) is 11.0 Å². The minimum absolute atomic E-state index is 0.0170. The van der Waals surface area contributed by atoms with E-state index in [1.807, 2.05) is 30.3 Å². The average molecular weight is 321 g/mol. The SMILES string of the molecule is CCn1cc(C#N)c(=O)n(Cc2nc3ccccc3nc2C)c1=O. The first-order valence-corrected chi connectivity index (χ1v) is 7.51. The summed E-state index contributed by atoms with van der Waals surface area (Å²) in [5.41, 5.74) is 1.48. The molecular weight excluding hydrogens is 306 g/mol. The second kappa shape index (κ2) is 6.08. The zero-order chi connectivity index (χ0) is 17.3. The number of aryl methyl sites for hydroxylation is 2. The maximum atomic E-state index is 12.4. The van der Waals surface area contributed by atoms with Crippen molar-refractivity contribution in [1.82, 2.24) is 19.1 Å². The van der Waals surface area contributed by atoms with Gasteiger partial charge in [0.2, 0.25) is 0 Å². The van der Waals surface area contributed by atoms with E-state index in [0.29, 0.717) is 23.4 Å². The number of fused-ring (bicyclic) bond motifs is 1. The number of hydrogen-bond acceptors (Lipinski definition) is 5. The molecule has 2 heterocycles. The van der Waals surface area contributed by atoms with Crippen molar-refractivity contribution in [2.24, 2.45) is 0 Å². The van der Waals surface area contributed by atoms with Crippen LogP contribution in [0.15, 0.2) is 40.1 Å². The lowest BCUT2D eigenvalue weighted by molar-refractivity contribution is 0.590. The molecular formula is C17H15N5O2. The predicted molar refractivity (Wildman–Crippen MR) is 88.7 cm³/mol. The van der Waals surface area contributed by atoms with Crippen LogP contribution in [0.4, 0.5) is 0 Å². The van der Waals surface area contributed by atoms with Crippen molar-refractivity contribution in [1.29, 1.82) is 5.26 Å². The van der Waals surface area contributed by atoms with Crippen LogP contribution >= 0.6 is 0 Å². The summed E-state index contributed by atoms with van der Waals surface area (Å²) in [5, 5.41) is 9.11. The summed E-state index contributed by atoms with van der Waals surface area (Å²) in [7, 11) is 0. The lowest BCUT2D eigenvalue weighted by Crippen LogP contribution is -2.41. The van der Waals surface area contributed by atoms with E-state index in [0.717, 1.165) is 10.1 Å². The van der Waals surface area contributed by atoms with E-state index in [9.17, 15) is 9.59 Å². The Balaban J connectivity index is 2.19. The highest BCUT2D eigenvalue weighted by Gasteiger charge is 2.13. The van der Waals surface area contributed by atoms with Crippen LogP contribution in [0.5, 0.6) is 0 Å². The monoisotopic (exact) mass is 321 g/mol. The third-order valence-electron chi connectivity index (χ3n) is 3.85. The predicted octanol–water partition coefficient (Wildman–Crippen LogP) is 1.20. The summed E-state index contributed by atoms with van der Waals surface area (Å²) >= 11 is 0. The van der Waals surface area contributed by atoms with Crippen LogP contribution in [-0.2, 0) is 13.1 Å². The van der Waals surface area contributed by atoms with Crippen molar-refractivity contribution in [3.63, 3.8) is 0 Å². The van der Waals surface area contributed by atoms with Gasteiger partial charge in [-0.1, -0.05) is 12.1 Å². The van der Waals surface area contributed by atoms with E-state index in [1.54, 1.807) is 13.8 Å². The zero-order valence-electron chi connectivity index (χ0n) is 13.4. The molecule has 0 amide bonds. The Morgan fingerprint density at radius 3 is 2.46 bits per heavy atom. The molecule has 0 spiro atoms. The zero-order valence-corrected chi connectivity index (χ0v) is 13.4. The molecule has 0 N–H and O–H groups in total. The third-order valence-corrected chi connectivity index (χ3v) is 3.85. The molecule has 0 atom stereocenters. The van der Waals surface area contributed by atoms with Gasteiger partial charge in [0.1, 0.15) is 11.6 Å². The first kappa shape index (κ1) is 15.6. The highest BCUT2D eigenvalue weighted by molar-refractivity contribution is 5.74. The second-order valence-electron chi connectivity index (χ2n) is 5.36. The number of nitriles is 1. The topological polar surface area (TPSA) is 93.6 Å². The lowest BCUT2D eigenvalue weighted by Gasteiger charge is -2.11. The maximum Gasteiger partial charge on any atom is 0.331 e. The smallest absolute Gasteiger partial charge is 0.299 e. The van der Waals surface area contributed by atoms with Crippen molar-refractivity contribution >= 4 is 11.0 Å². The molecule has 0 radical (unpaired) electrons. The number of rotatable bonds is 3. The van der Waals surface area contributed by atoms with E-state index < -0.39 is 11.2 Å². The fraction of sp³-hybridized carbons (Fsp3) is 0.235. The Morgan fingerprint density at radius 2 is 1.83 bits per heavy atom. The largest absolute Gasteiger partial charge is 0.331 e. The number of benzene rings is 1. The first-order chi connectivity index (χ1) is 11.5. The van der Waals surface area contributed by atoms with Crippen molar-refractivity contribution in [2.45, 2.75) is 26.9 Å². The Hall–Kier alpha value is -3.27. The Bertz CT molecular complexity index is 1090. The molecule has 3 rings (SSSR count). The van der Waals surface area contributed by atoms with Gasteiger partial charge < -0.3 is 0 Å². The molecule has 120 valence electrons. The van der Waals surface area contributed by atoms with Crippen LogP contribution in [0.3, 0.4) is 0 Å². The Labute approximate surface area is 137 Å². The van der Waals surface area contributed by atoms with E-state index in [-0.39, 0.29) is 12.1 Å².